The lowest BCUT2D eigenvalue weighted by molar-refractivity contribution is -0.156. The summed E-state index contributed by atoms with van der Waals surface area (Å²) in [6.45, 7) is 3.77. The van der Waals surface area contributed by atoms with Gasteiger partial charge in [-0.2, -0.15) is 9.78 Å². The second-order valence-electron chi connectivity index (χ2n) is 8.21. The predicted molar refractivity (Wildman–Crippen MR) is 125 cm³/mol. The van der Waals surface area contributed by atoms with Gasteiger partial charge in [-0.1, -0.05) is 24.1 Å². The first-order chi connectivity index (χ1) is 17.4. The number of aliphatic hydroxyl groups is 2. The number of esters is 1. The van der Waals surface area contributed by atoms with Crippen molar-refractivity contribution < 1.29 is 42.6 Å². The molecule has 14 nitrogen and oxygen atoms in total. The predicted octanol–water partition coefficient (Wildman–Crippen LogP) is 0.115. The number of phosphoric ester groups is 1. The molecule has 1 aliphatic heterocycles. The van der Waals surface area contributed by atoms with Crippen LogP contribution >= 0.6 is 7.82 Å². The smallest absolute Gasteiger partial charge is 0.461 e. The lowest BCUT2D eigenvalue weighted by atomic mass is 9.95. The number of terminal acetylenes is 1. The highest BCUT2D eigenvalue weighted by Gasteiger charge is 2.57. The van der Waals surface area contributed by atoms with E-state index in [0.717, 1.165) is 6.20 Å². The van der Waals surface area contributed by atoms with Crippen molar-refractivity contribution in [3.8, 4) is 18.1 Å². The average Bonchev–Trinajstić information content (AvgIpc) is 3.08. The molecular weight excluding hydrogens is 513 g/mol. The fraction of sp³-hybridized carbons (Fsp3) is 0.455. The van der Waals surface area contributed by atoms with Crippen molar-refractivity contribution >= 4 is 13.8 Å². The zero-order chi connectivity index (χ0) is 27.4. The molecule has 0 aliphatic carbocycles. The van der Waals surface area contributed by atoms with Gasteiger partial charge in [0.15, 0.2) is 12.3 Å². The number of benzene rings is 1. The number of rotatable bonds is 10. The minimum atomic E-state index is -4.59. The molecule has 3 rings (SSSR count). The van der Waals surface area contributed by atoms with Crippen LogP contribution < -0.4 is 15.8 Å². The zero-order valence-corrected chi connectivity index (χ0v) is 20.9. The molecule has 3 N–H and O–H groups in total. The maximum Gasteiger partial charge on any atom is 0.530 e. The Labute approximate surface area is 210 Å². The van der Waals surface area contributed by atoms with E-state index in [9.17, 15) is 29.2 Å². The van der Waals surface area contributed by atoms with Gasteiger partial charge in [-0.05, 0) is 32.9 Å². The standard InChI is InChI=1S/C22H26N3O11P/c1-5-22(30)18(27)16(34-20(22)25-21(29)24-17(26)11-23-25)12-32-37(31,36-15-9-7-6-8-10-15)35-14(4)19(28)33-13(2)3/h1,6-11,13-14,16,18,20,27,30H,12H2,2-4H3,(H,24,26,29)/t14-,16+,18-,20+,22?,37-/m0/s1. The summed E-state index contributed by atoms with van der Waals surface area (Å²) < 4.78 is 40.7. The third kappa shape index (κ3) is 6.53. The number of hydrogen-bond donors (Lipinski definition) is 3. The van der Waals surface area contributed by atoms with E-state index in [0.29, 0.717) is 4.68 Å². The number of nitrogens with one attached hydrogen (secondary N) is 1. The topological polar surface area (TPSA) is 188 Å². The van der Waals surface area contributed by atoms with Crippen LogP contribution in [0.3, 0.4) is 0 Å². The largest absolute Gasteiger partial charge is 0.530 e. The molecular formula is C22H26N3O11P. The highest BCUT2D eigenvalue weighted by Crippen LogP contribution is 2.51. The number of para-hydroxylation sites is 1. The number of phosphoric acid groups is 1. The summed E-state index contributed by atoms with van der Waals surface area (Å²) in [6.07, 6.45) is -0.828. The van der Waals surface area contributed by atoms with Gasteiger partial charge in [0.2, 0.25) is 5.60 Å². The van der Waals surface area contributed by atoms with Gasteiger partial charge < -0.3 is 24.2 Å². The Balaban J connectivity index is 1.84. The van der Waals surface area contributed by atoms with Gasteiger partial charge in [0.05, 0.1) is 12.7 Å². The number of aromatic nitrogens is 3. The molecule has 0 amide bonds. The van der Waals surface area contributed by atoms with E-state index >= 15 is 0 Å². The Morgan fingerprint density at radius 2 is 2.00 bits per heavy atom. The Kier molecular flexibility index (Phi) is 8.70. The quantitative estimate of drug-likeness (QED) is 0.210. The van der Waals surface area contributed by atoms with Gasteiger partial charge in [-0.3, -0.25) is 18.8 Å². The lowest BCUT2D eigenvalue weighted by Gasteiger charge is -2.25. The summed E-state index contributed by atoms with van der Waals surface area (Å²) in [5.74, 6) is 1.19. The van der Waals surface area contributed by atoms with Crippen molar-refractivity contribution in [3.05, 3.63) is 57.4 Å². The van der Waals surface area contributed by atoms with Crippen LogP contribution in [0.25, 0.3) is 0 Å². The number of carbonyl (C=O) groups excluding carboxylic acids is 1. The molecule has 1 saturated heterocycles. The van der Waals surface area contributed by atoms with Gasteiger partial charge in [-0.15, -0.1) is 6.42 Å². The van der Waals surface area contributed by atoms with E-state index in [2.05, 4.69) is 5.10 Å². The number of H-pyrrole nitrogens is 1. The van der Waals surface area contributed by atoms with Crippen molar-refractivity contribution in [2.45, 2.75) is 57.0 Å². The first-order valence-corrected chi connectivity index (χ1v) is 12.4. The summed E-state index contributed by atoms with van der Waals surface area (Å²) in [4.78, 5) is 37.6. The summed E-state index contributed by atoms with van der Waals surface area (Å²) in [7, 11) is -4.59. The van der Waals surface area contributed by atoms with Crippen LogP contribution in [0.2, 0.25) is 0 Å². The van der Waals surface area contributed by atoms with Crippen LogP contribution in [0.1, 0.15) is 27.0 Å². The maximum atomic E-state index is 13.5. The highest BCUT2D eigenvalue weighted by atomic mass is 31.2. The second-order valence-corrected chi connectivity index (χ2v) is 9.75. The van der Waals surface area contributed by atoms with Crippen molar-refractivity contribution in [1.82, 2.24) is 14.8 Å². The second kappa shape index (κ2) is 11.4. The Hall–Kier alpha value is -3.31. The molecule has 2 heterocycles. The summed E-state index contributed by atoms with van der Waals surface area (Å²) in [6, 6.07) is 7.77. The first-order valence-electron chi connectivity index (χ1n) is 11.0. The van der Waals surface area contributed by atoms with Crippen molar-refractivity contribution in [2.75, 3.05) is 6.61 Å². The molecule has 1 aromatic carbocycles. The van der Waals surface area contributed by atoms with Gasteiger partial charge in [0.1, 0.15) is 24.2 Å². The van der Waals surface area contributed by atoms with Crippen molar-refractivity contribution in [2.24, 2.45) is 0 Å². The number of aliphatic hydroxyl groups excluding tert-OH is 1. The molecule has 0 radical (unpaired) electrons. The van der Waals surface area contributed by atoms with Crippen LogP contribution in [-0.2, 0) is 27.9 Å². The summed E-state index contributed by atoms with van der Waals surface area (Å²) in [5.41, 5.74) is -4.38. The zero-order valence-electron chi connectivity index (χ0n) is 20.0. The van der Waals surface area contributed by atoms with E-state index in [1.54, 1.807) is 32.0 Å². The molecule has 1 aliphatic rings. The number of nitrogens with zero attached hydrogens (tertiary/aromatic N) is 2. The van der Waals surface area contributed by atoms with Crippen molar-refractivity contribution in [1.29, 1.82) is 0 Å². The molecule has 0 bridgehead atoms. The average molecular weight is 539 g/mol. The van der Waals surface area contributed by atoms with Gasteiger partial charge in [0, 0.05) is 0 Å². The van der Waals surface area contributed by atoms with E-state index in [-0.39, 0.29) is 5.75 Å². The third-order valence-electron chi connectivity index (χ3n) is 5.00. The monoisotopic (exact) mass is 539 g/mol. The van der Waals surface area contributed by atoms with E-state index in [1.165, 1.54) is 19.1 Å². The lowest BCUT2D eigenvalue weighted by Crippen LogP contribution is -2.49. The Morgan fingerprint density at radius 3 is 2.59 bits per heavy atom. The number of aromatic amines is 1. The molecule has 0 spiro atoms. The van der Waals surface area contributed by atoms with Crippen LogP contribution in [0, 0.1) is 12.3 Å². The normalized spacial score (nSPS) is 25.7. The van der Waals surface area contributed by atoms with Crippen LogP contribution in [-0.4, -0.2) is 67.6 Å². The molecule has 6 atom stereocenters. The number of carbonyl (C=O) groups is 1. The third-order valence-corrected chi connectivity index (χ3v) is 6.48. The molecule has 0 saturated carbocycles. The van der Waals surface area contributed by atoms with E-state index in [4.69, 9.17) is 29.5 Å². The maximum absolute atomic E-state index is 13.5. The summed E-state index contributed by atoms with van der Waals surface area (Å²) >= 11 is 0. The van der Waals surface area contributed by atoms with Crippen LogP contribution in [0.5, 0.6) is 5.75 Å². The SMILES string of the molecule is C#CC1(O)[C@@H](O)[C@@H](CO[P@](=O)(Oc2ccccc2)O[C@@H](C)C(=O)OC(C)C)O[C@H]1n1ncc(=O)[nH]c1=O. The van der Waals surface area contributed by atoms with E-state index in [1.807, 2.05) is 10.9 Å². The summed E-state index contributed by atoms with van der Waals surface area (Å²) in [5, 5.41) is 25.1. The van der Waals surface area contributed by atoms with E-state index < -0.39 is 67.9 Å². The molecule has 1 aromatic heterocycles. The molecule has 200 valence electrons. The van der Waals surface area contributed by atoms with Gasteiger partial charge >= 0.3 is 19.5 Å². The number of ether oxygens (including phenoxy) is 2. The van der Waals surface area contributed by atoms with Gasteiger partial charge in [0.25, 0.3) is 5.56 Å². The molecule has 15 heteroatoms. The Bertz CT molecular complexity index is 1310. The number of hydrogen-bond acceptors (Lipinski definition) is 12. The van der Waals surface area contributed by atoms with Crippen molar-refractivity contribution in [3.63, 3.8) is 0 Å². The fourth-order valence-electron chi connectivity index (χ4n) is 3.25. The van der Waals surface area contributed by atoms with Crippen LogP contribution in [0.15, 0.2) is 46.1 Å². The molecule has 1 fully saturated rings. The Morgan fingerprint density at radius 1 is 1.32 bits per heavy atom. The first kappa shape index (κ1) is 28.3. The molecule has 2 aromatic rings. The van der Waals surface area contributed by atoms with Crippen LogP contribution in [0.4, 0.5) is 0 Å². The minimum absolute atomic E-state index is 0.0742. The highest BCUT2D eigenvalue weighted by molar-refractivity contribution is 7.49. The fourth-order valence-corrected chi connectivity index (χ4v) is 4.59. The molecule has 1 unspecified atom stereocenters. The minimum Gasteiger partial charge on any atom is -0.461 e. The van der Waals surface area contributed by atoms with Gasteiger partial charge in [-0.25, -0.2) is 14.2 Å². The molecule has 37 heavy (non-hydrogen) atoms.